The predicted molar refractivity (Wildman–Crippen MR) is 370 cm³/mol. The summed E-state index contributed by atoms with van der Waals surface area (Å²) < 4.78 is 70.5. The van der Waals surface area contributed by atoms with Gasteiger partial charge in [0.1, 0.15) is 17.4 Å². The first-order valence-electron chi connectivity index (χ1n) is 30.7. The van der Waals surface area contributed by atoms with E-state index in [-0.39, 0.29) is 92.7 Å². The molecule has 1 aliphatic heterocycles. The van der Waals surface area contributed by atoms with Crippen LogP contribution in [0.2, 0.25) is 0 Å². The van der Waals surface area contributed by atoms with Crippen molar-refractivity contribution in [1.82, 2.24) is 40.8 Å². The number of nitrogens with zero attached hydrogens (tertiary/aromatic N) is 4. The molecule has 8 rings (SSSR count). The molecule has 94 heavy (non-hydrogen) atoms. The number of methoxy groups -OCH3 is 4. The number of aromatic nitrogens is 4. The Morgan fingerprint density at radius 1 is 0.819 bits per heavy atom. The van der Waals surface area contributed by atoms with Gasteiger partial charge in [-0.05, 0) is 74.9 Å². The average molecular weight is 1420 g/mol. The number of fused-ring (bicyclic) bond motifs is 5. The smallest absolute Gasteiger partial charge is 0.415 e. The SMILES string of the molecule is COC(=O)c1cc2c3c(cc(OC(=O)N(C)CCSSC(C)(C)C(NC(=O)CCOCCOCCNC(=O)c4ccc5nc(CSC6CCCCCCC6)c(CSC)nc5c4)C(=O)NCCS(=O)(=O)O)c2[nH]1)N(C(=O)c1cc2cc(OC)c(OC)c(OC)c2[nH]1)C[C@H]3CCl. The summed E-state index contributed by atoms with van der Waals surface area (Å²) in [7, 11) is 5.28. The zero-order chi connectivity index (χ0) is 67.7. The molecule has 4 heterocycles. The number of thioether (sulfide) groups is 2. The predicted octanol–water partition coefficient (Wildman–Crippen LogP) is 9.53. The van der Waals surface area contributed by atoms with Crippen molar-refractivity contribution in [2.24, 2.45) is 0 Å². The van der Waals surface area contributed by atoms with Gasteiger partial charge in [0.2, 0.25) is 17.6 Å². The van der Waals surface area contributed by atoms with E-state index in [4.69, 9.17) is 54.7 Å². The summed E-state index contributed by atoms with van der Waals surface area (Å²) >= 11 is 10.3. The van der Waals surface area contributed by atoms with Gasteiger partial charge in [-0.3, -0.25) is 23.7 Å². The molecule has 25 nitrogen and oxygen atoms in total. The van der Waals surface area contributed by atoms with Gasteiger partial charge in [-0.2, -0.15) is 31.9 Å². The highest BCUT2D eigenvalue weighted by Gasteiger charge is 2.39. The Balaban J connectivity index is 0.816. The van der Waals surface area contributed by atoms with E-state index < -0.39 is 68.9 Å². The Labute approximate surface area is 567 Å². The van der Waals surface area contributed by atoms with Gasteiger partial charge in [-0.1, -0.05) is 53.7 Å². The number of anilines is 1. The highest BCUT2D eigenvalue weighted by Crippen LogP contribution is 2.48. The number of hydrogen-bond donors (Lipinski definition) is 6. The normalized spacial score (nSPS) is 14.9. The van der Waals surface area contributed by atoms with Crippen LogP contribution in [0.3, 0.4) is 0 Å². The minimum atomic E-state index is -4.42. The van der Waals surface area contributed by atoms with Gasteiger partial charge in [0.25, 0.3) is 21.9 Å². The lowest BCUT2D eigenvalue weighted by molar-refractivity contribution is -0.130. The van der Waals surface area contributed by atoms with Crippen molar-refractivity contribution in [2.45, 2.75) is 98.7 Å². The minimum absolute atomic E-state index is 0.00615. The van der Waals surface area contributed by atoms with Crippen molar-refractivity contribution in [3.8, 4) is 23.0 Å². The number of ether oxygens (including phenoxy) is 7. The zero-order valence-corrected chi connectivity index (χ0v) is 58.7. The zero-order valence-electron chi connectivity index (χ0n) is 53.9. The molecule has 512 valence electrons. The summed E-state index contributed by atoms with van der Waals surface area (Å²) in [6, 6.07) is 10.6. The second kappa shape index (κ2) is 34.5. The van der Waals surface area contributed by atoms with Crippen LogP contribution in [0.5, 0.6) is 23.0 Å². The molecule has 1 aliphatic carbocycles. The number of alkyl halides is 1. The molecule has 6 N–H and O–H groups in total. The molecule has 2 atom stereocenters. The van der Waals surface area contributed by atoms with Crippen LogP contribution in [0.4, 0.5) is 10.5 Å². The molecule has 0 spiro atoms. The number of aromatic amines is 2. The second-order valence-corrected chi connectivity index (χ2v) is 30.1. The number of rotatable bonds is 33. The van der Waals surface area contributed by atoms with Crippen LogP contribution in [0.15, 0.2) is 42.5 Å². The Morgan fingerprint density at radius 2 is 1.52 bits per heavy atom. The summed E-state index contributed by atoms with van der Waals surface area (Å²) in [5.41, 5.74) is 5.93. The van der Waals surface area contributed by atoms with E-state index in [1.165, 1.54) is 112 Å². The lowest BCUT2D eigenvalue weighted by atomic mass is 9.98. The maximum absolute atomic E-state index is 14.6. The standard InChI is InChI=1S/C63H82ClN9O16S5/c1-63(2,93-92-26-21-72(3)62(79)89-49-32-48-52(41-31-45(61(78)86-7)70-54(41)49)39(33-64)34-73(48)60(77)44-29-38-30-50(83-4)55(84-5)56(85-6)53(38)69-44)57(59(76)66-20-27-94(80,81)82)71-51(74)18-22-87-24-25-88-23-19-65-58(75)37-16-17-42-43(28-37)68-46(35-90-8)47(67-42)36-91-40-14-12-10-9-11-13-15-40/h16-17,28-32,39-40,57,69-70H,9-15,18-27,33-36H2,1-8H3,(H,65,75)(H,66,76)(H,71,74)(H,80,81,82)/t39-,57?/m1/s1. The monoisotopic (exact) mass is 1420 g/mol. The molecular weight excluding hydrogens is 1330 g/mol. The van der Waals surface area contributed by atoms with E-state index in [1.54, 1.807) is 62.0 Å². The second-order valence-electron chi connectivity index (χ2n) is 23.0. The first kappa shape index (κ1) is 73.4. The van der Waals surface area contributed by atoms with Crippen LogP contribution in [-0.2, 0) is 45.4 Å². The number of esters is 1. The molecule has 1 unspecified atom stereocenters. The van der Waals surface area contributed by atoms with E-state index >= 15 is 0 Å². The van der Waals surface area contributed by atoms with E-state index in [0.717, 1.165) is 28.4 Å². The van der Waals surface area contributed by atoms with Crippen molar-refractivity contribution < 1.29 is 74.9 Å². The maximum atomic E-state index is 14.6. The fraction of sp³-hybridized carbons (Fsp3) is 0.524. The summed E-state index contributed by atoms with van der Waals surface area (Å²) in [5.74, 6) is -0.788. The van der Waals surface area contributed by atoms with E-state index in [0.29, 0.717) is 61.1 Å². The Bertz CT molecular complexity index is 3790. The quantitative estimate of drug-likeness (QED) is 0.00734. The summed E-state index contributed by atoms with van der Waals surface area (Å²) in [4.78, 5) is 101. The molecule has 5 amide bonds. The highest BCUT2D eigenvalue weighted by atomic mass is 35.5. The third-order valence-electron chi connectivity index (χ3n) is 15.9. The third kappa shape index (κ3) is 19.0. The fourth-order valence-electron chi connectivity index (χ4n) is 11.1. The number of carbonyl (C=O) groups excluding carboxylic acids is 6. The van der Waals surface area contributed by atoms with Crippen molar-refractivity contribution in [2.75, 3.05) is 117 Å². The molecule has 6 aromatic rings. The number of benzene rings is 3. The van der Waals surface area contributed by atoms with E-state index in [2.05, 4.69) is 25.9 Å². The van der Waals surface area contributed by atoms with E-state index in [9.17, 15) is 41.7 Å². The van der Waals surface area contributed by atoms with Crippen molar-refractivity contribution in [1.29, 1.82) is 0 Å². The van der Waals surface area contributed by atoms with Crippen molar-refractivity contribution in [3.63, 3.8) is 0 Å². The van der Waals surface area contributed by atoms with Gasteiger partial charge in [0.15, 0.2) is 17.2 Å². The molecular formula is C63H82ClN9O16S5. The van der Waals surface area contributed by atoms with Gasteiger partial charge in [-0.25, -0.2) is 19.6 Å². The van der Waals surface area contributed by atoms with Crippen LogP contribution >= 0.6 is 56.7 Å². The Hall–Kier alpha value is -6.38. The first-order chi connectivity index (χ1) is 45.1. The minimum Gasteiger partial charge on any atom is -0.493 e. The molecule has 0 radical (unpaired) electrons. The average Bonchev–Trinajstić information content (AvgIpc) is 1.58. The summed E-state index contributed by atoms with van der Waals surface area (Å²) in [6.07, 6.45) is 10.1. The van der Waals surface area contributed by atoms with Gasteiger partial charge < -0.3 is 68.9 Å². The molecule has 1 fully saturated rings. The van der Waals surface area contributed by atoms with Crippen molar-refractivity contribution in [3.05, 3.63) is 76.4 Å². The van der Waals surface area contributed by atoms with Crippen LogP contribution in [0.25, 0.3) is 32.8 Å². The molecule has 3 aromatic carbocycles. The lowest BCUT2D eigenvalue weighted by Gasteiger charge is -2.33. The highest BCUT2D eigenvalue weighted by molar-refractivity contribution is 8.77. The Kier molecular flexibility index (Phi) is 27.0. The summed E-state index contributed by atoms with van der Waals surface area (Å²) in [5, 5.41) is 9.85. The van der Waals surface area contributed by atoms with E-state index in [1.807, 2.05) is 24.1 Å². The number of hydrogen-bond acceptors (Lipinski definition) is 21. The fourth-order valence-corrected chi connectivity index (χ4v) is 16.2. The largest absolute Gasteiger partial charge is 0.493 e. The van der Waals surface area contributed by atoms with Crippen LogP contribution in [0, 0.1) is 0 Å². The molecule has 0 saturated heterocycles. The molecule has 0 bridgehead atoms. The number of amides is 5. The van der Waals surface area contributed by atoms with Gasteiger partial charge in [0, 0.05) is 101 Å². The maximum Gasteiger partial charge on any atom is 0.415 e. The topological polar surface area (TPSA) is 321 Å². The van der Waals surface area contributed by atoms with Crippen LogP contribution < -0.4 is 39.8 Å². The molecule has 31 heteroatoms. The van der Waals surface area contributed by atoms with Gasteiger partial charge in [0.05, 0.1) is 99.8 Å². The van der Waals surface area contributed by atoms with Crippen LogP contribution in [-0.4, -0.2) is 201 Å². The number of carbonyl (C=O) groups is 6. The Morgan fingerprint density at radius 3 is 2.21 bits per heavy atom. The molecule has 1 saturated carbocycles. The van der Waals surface area contributed by atoms with Gasteiger partial charge in [-0.15, -0.1) is 11.6 Å². The number of halogens is 1. The van der Waals surface area contributed by atoms with Crippen LogP contribution in [0.1, 0.15) is 119 Å². The number of H-pyrrole nitrogens is 2. The molecule has 3 aromatic heterocycles. The number of nitrogens with one attached hydrogen (secondary N) is 5. The third-order valence-corrected chi connectivity index (χ3v) is 22.3. The first-order valence-corrected chi connectivity index (χ1v) is 37.6. The van der Waals surface area contributed by atoms with Crippen molar-refractivity contribution >= 4 is 141 Å². The summed E-state index contributed by atoms with van der Waals surface area (Å²) in [6.45, 7) is 3.98. The molecule has 2 aliphatic rings. The van der Waals surface area contributed by atoms with Gasteiger partial charge >= 0.3 is 12.1 Å². The lowest BCUT2D eigenvalue weighted by Crippen LogP contribution is -2.56.